The topological polar surface area (TPSA) is 18.5 Å². The Labute approximate surface area is 154 Å². The van der Waals surface area contributed by atoms with Gasteiger partial charge in [0.05, 0.1) is 0 Å². The molecule has 3 nitrogen and oxygen atoms in total. The molecule has 25 heavy (non-hydrogen) atoms. The van der Waals surface area contributed by atoms with Crippen LogP contribution in [0, 0.1) is 19.7 Å². The second-order valence-electron chi connectivity index (χ2n) is 6.62. The van der Waals surface area contributed by atoms with Crippen LogP contribution in [0.2, 0.25) is 0 Å². The summed E-state index contributed by atoms with van der Waals surface area (Å²) in [4.78, 5) is 4.59. The van der Waals surface area contributed by atoms with Crippen molar-refractivity contribution in [2.24, 2.45) is 0 Å². The molecule has 0 radical (unpaired) electrons. The maximum atomic E-state index is 13.0. The molecular formula is C20H24FN3S. The molecule has 1 aliphatic rings. The lowest BCUT2D eigenvalue weighted by Crippen LogP contribution is -2.49. The Balaban J connectivity index is 1.50. The third-order valence-corrected chi connectivity index (χ3v) is 5.10. The molecule has 3 rings (SSSR count). The van der Waals surface area contributed by atoms with Crippen LogP contribution in [0.25, 0.3) is 0 Å². The molecule has 0 unspecified atom stereocenters. The van der Waals surface area contributed by atoms with E-state index in [2.05, 4.69) is 47.2 Å². The molecule has 0 atom stereocenters. The number of nitrogens with zero attached hydrogens (tertiary/aromatic N) is 2. The summed E-state index contributed by atoms with van der Waals surface area (Å²) in [5.74, 6) is -0.184. The SMILES string of the molecule is Cc1ccc(NC(=S)N2CCN(Cc3ccc(F)cc3)CC2)cc1C. The second-order valence-corrected chi connectivity index (χ2v) is 7.01. The van der Waals surface area contributed by atoms with E-state index in [1.54, 1.807) is 0 Å². The number of rotatable bonds is 3. The summed E-state index contributed by atoms with van der Waals surface area (Å²) >= 11 is 5.57. The van der Waals surface area contributed by atoms with Crippen molar-refractivity contribution < 1.29 is 4.39 Å². The molecule has 1 saturated heterocycles. The van der Waals surface area contributed by atoms with Crippen molar-refractivity contribution in [2.75, 3.05) is 31.5 Å². The Morgan fingerprint density at radius 2 is 1.68 bits per heavy atom. The van der Waals surface area contributed by atoms with E-state index in [0.717, 1.165) is 49.1 Å². The minimum atomic E-state index is -0.184. The normalized spacial score (nSPS) is 15.2. The van der Waals surface area contributed by atoms with Gasteiger partial charge in [-0.2, -0.15) is 0 Å². The fourth-order valence-electron chi connectivity index (χ4n) is 2.98. The third-order valence-electron chi connectivity index (χ3n) is 4.74. The number of hydrogen-bond acceptors (Lipinski definition) is 2. The summed E-state index contributed by atoms with van der Waals surface area (Å²) in [6.07, 6.45) is 0. The molecule has 0 amide bonds. The van der Waals surface area contributed by atoms with Gasteiger partial charge >= 0.3 is 0 Å². The van der Waals surface area contributed by atoms with Gasteiger partial charge in [0.1, 0.15) is 5.82 Å². The molecule has 0 aromatic heterocycles. The van der Waals surface area contributed by atoms with Gasteiger partial charge in [-0.15, -0.1) is 0 Å². The quantitative estimate of drug-likeness (QED) is 0.838. The predicted molar refractivity (Wildman–Crippen MR) is 105 cm³/mol. The zero-order valence-electron chi connectivity index (χ0n) is 14.8. The molecule has 132 valence electrons. The summed E-state index contributed by atoms with van der Waals surface area (Å²) in [5.41, 5.74) is 4.73. The monoisotopic (exact) mass is 357 g/mol. The molecule has 2 aromatic rings. The fourth-order valence-corrected chi connectivity index (χ4v) is 3.28. The minimum Gasteiger partial charge on any atom is -0.346 e. The van der Waals surface area contributed by atoms with Gasteiger partial charge in [0.15, 0.2) is 5.11 Å². The lowest BCUT2D eigenvalue weighted by molar-refractivity contribution is 0.177. The average molecular weight is 357 g/mol. The van der Waals surface area contributed by atoms with Crippen LogP contribution in [0.5, 0.6) is 0 Å². The Hall–Kier alpha value is -1.98. The standard InChI is InChI=1S/C20H24FN3S/c1-15-3-8-19(13-16(15)2)22-20(25)24-11-9-23(10-12-24)14-17-4-6-18(21)7-5-17/h3-8,13H,9-12,14H2,1-2H3,(H,22,25). The van der Waals surface area contributed by atoms with E-state index in [4.69, 9.17) is 12.2 Å². The van der Waals surface area contributed by atoms with Gasteiger partial charge in [-0.25, -0.2) is 4.39 Å². The van der Waals surface area contributed by atoms with Crippen molar-refractivity contribution >= 4 is 23.0 Å². The van der Waals surface area contributed by atoms with Gasteiger partial charge in [0, 0.05) is 38.4 Å². The third kappa shape index (κ3) is 4.77. The summed E-state index contributed by atoms with van der Waals surface area (Å²) in [7, 11) is 0. The lowest BCUT2D eigenvalue weighted by Gasteiger charge is -2.36. The van der Waals surface area contributed by atoms with Crippen molar-refractivity contribution in [1.82, 2.24) is 9.80 Å². The van der Waals surface area contributed by atoms with Crippen molar-refractivity contribution in [3.05, 3.63) is 65.0 Å². The number of piperazine rings is 1. The van der Waals surface area contributed by atoms with E-state index in [0.29, 0.717) is 0 Å². The van der Waals surface area contributed by atoms with Crippen LogP contribution < -0.4 is 5.32 Å². The lowest BCUT2D eigenvalue weighted by atomic mass is 10.1. The van der Waals surface area contributed by atoms with Gasteiger partial charge < -0.3 is 10.2 Å². The van der Waals surface area contributed by atoms with E-state index in [9.17, 15) is 4.39 Å². The maximum absolute atomic E-state index is 13.0. The summed E-state index contributed by atoms with van der Waals surface area (Å²) in [6, 6.07) is 13.1. The highest BCUT2D eigenvalue weighted by Crippen LogP contribution is 2.16. The van der Waals surface area contributed by atoms with Crippen LogP contribution in [-0.4, -0.2) is 41.1 Å². The number of halogens is 1. The van der Waals surface area contributed by atoms with Gasteiger partial charge in [0.25, 0.3) is 0 Å². The van der Waals surface area contributed by atoms with Crippen LogP contribution in [0.4, 0.5) is 10.1 Å². The molecule has 1 fully saturated rings. The predicted octanol–water partition coefficient (Wildman–Crippen LogP) is 3.96. The van der Waals surface area contributed by atoms with E-state index in [1.165, 1.54) is 23.3 Å². The van der Waals surface area contributed by atoms with E-state index in [-0.39, 0.29) is 5.82 Å². The second kappa shape index (κ2) is 7.93. The maximum Gasteiger partial charge on any atom is 0.173 e. The largest absolute Gasteiger partial charge is 0.346 e. The fraction of sp³-hybridized carbons (Fsp3) is 0.350. The van der Waals surface area contributed by atoms with Crippen molar-refractivity contribution in [1.29, 1.82) is 0 Å². The highest BCUT2D eigenvalue weighted by molar-refractivity contribution is 7.80. The summed E-state index contributed by atoms with van der Waals surface area (Å²) in [5, 5.41) is 4.13. The first kappa shape index (κ1) is 17.8. The smallest absolute Gasteiger partial charge is 0.173 e. The zero-order valence-corrected chi connectivity index (χ0v) is 15.6. The number of benzene rings is 2. The molecule has 0 aliphatic carbocycles. The molecule has 1 aliphatic heterocycles. The Bertz CT molecular complexity index is 737. The first-order valence-corrected chi connectivity index (χ1v) is 9.02. The van der Waals surface area contributed by atoms with Gasteiger partial charge in [-0.05, 0) is 67.0 Å². The number of hydrogen-bond donors (Lipinski definition) is 1. The molecule has 1 heterocycles. The number of nitrogens with one attached hydrogen (secondary N) is 1. The highest BCUT2D eigenvalue weighted by Gasteiger charge is 2.19. The molecule has 2 aromatic carbocycles. The van der Waals surface area contributed by atoms with Crippen molar-refractivity contribution in [3.8, 4) is 0 Å². The molecule has 0 bridgehead atoms. The van der Waals surface area contributed by atoms with Gasteiger partial charge in [-0.3, -0.25) is 4.90 Å². The first-order chi connectivity index (χ1) is 12.0. The molecular weight excluding hydrogens is 333 g/mol. The molecule has 0 spiro atoms. The van der Waals surface area contributed by atoms with Crippen LogP contribution in [0.3, 0.4) is 0 Å². The van der Waals surface area contributed by atoms with Crippen molar-refractivity contribution in [3.63, 3.8) is 0 Å². The first-order valence-electron chi connectivity index (χ1n) is 8.61. The summed E-state index contributed by atoms with van der Waals surface area (Å²) < 4.78 is 13.0. The molecule has 1 N–H and O–H groups in total. The minimum absolute atomic E-state index is 0.184. The van der Waals surface area contributed by atoms with Gasteiger partial charge in [-0.1, -0.05) is 18.2 Å². The Morgan fingerprint density at radius 3 is 2.32 bits per heavy atom. The average Bonchev–Trinajstić information content (AvgIpc) is 2.61. The Kier molecular flexibility index (Phi) is 5.66. The molecule has 0 saturated carbocycles. The number of aryl methyl sites for hydroxylation is 2. The highest BCUT2D eigenvalue weighted by atomic mass is 32.1. The number of thiocarbonyl (C=S) groups is 1. The van der Waals surface area contributed by atoms with Crippen molar-refractivity contribution in [2.45, 2.75) is 20.4 Å². The van der Waals surface area contributed by atoms with Gasteiger partial charge in [0.2, 0.25) is 0 Å². The van der Waals surface area contributed by atoms with E-state index < -0.39 is 0 Å². The number of anilines is 1. The zero-order chi connectivity index (χ0) is 17.8. The Morgan fingerprint density at radius 1 is 1.00 bits per heavy atom. The molecule has 5 heteroatoms. The van der Waals surface area contributed by atoms with Crippen LogP contribution in [0.15, 0.2) is 42.5 Å². The van der Waals surface area contributed by atoms with Crippen LogP contribution in [0.1, 0.15) is 16.7 Å². The van der Waals surface area contributed by atoms with E-state index in [1.807, 2.05) is 12.1 Å². The van der Waals surface area contributed by atoms with E-state index >= 15 is 0 Å². The summed E-state index contributed by atoms with van der Waals surface area (Å²) in [6.45, 7) is 8.77. The van der Waals surface area contributed by atoms with Crippen LogP contribution in [-0.2, 0) is 6.54 Å². The van der Waals surface area contributed by atoms with Crippen LogP contribution >= 0.6 is 12.2 Å².